The SMILES string of the molecule is CCOCCCNC(=O)c1ccc2c(c1)[C@@H]1[C@H]3CC[C@@H](C3)[C@@H]1[C@H](c1ccccc1)N2. The monoisotopic (exact) mass is 404 g/mol. The summed E-state index contributed by atoms with van der Waals surface area (Å²) in [6.07, 6.45) is 4.87. The molecule has 30 heavy (non-hydrogen) atoms. The molecule has 3 aliphatic rings. The van der Waals surface area contributed by atoms with Crippen molar-refractivity contribution in [2.75, 3.05) is 25.1 Å². The standard InChI is InChI=1S/C26H32N2O2/c1-2-30-14-6-13-27-26(29)20-11-12-22-21(16-20)23-18-9-10-19(15-18)24(23)25(28-22)17-7-4-3-5-8-17/h3-5,7-8,11-12,16,18-19,23-25,28H,2,6,9-10,13-15H2,1H3,(H,27,29)/t18-,19-,23-,24-,25-/m0/s1. The molecule has 4 heteroatoms. The molecule has 2 saturated carbocycles. The topological polar surface area (TPSA) is 50.4 Å². The third-order valence-corrected chi connectivity index (χ3v) is 7.46. The van der Waals surface area contributed by atoms with E-state index in [1.165, 1.54) is 36.1 Å². The first-order valence-corrected chi connectivity index (χ1v) is 11.6. The second-order valence-electron chi connectivity index (χ2n) is 9.08. The predicted molar refractivity (Wildman–Crippen MR) is 120 cm³/mol. The summed E-state index contributed by atoms with van der Waals surface area (Å²) in [6.45, 7) is 4.06. The largest absolute Gasteiger partial charge is 0.382 e. The van der Waals surface area contributed by atoms with Crippen LogP contribution in [0.4, 0.5) is 5.69 Å². The highest BCUT2D eigenvalue weighted by atomic mass is 16.5. The summed E-state index contributed by atoms with van der Waals surface area (Å²) in [5.41, 5.74) is 4.75. The van der Waals surface area contributed by atoms with Crippen molar-refractivity contribution >= 4 is 11.6 Å². The Morgan fingerprint density at radius 2 is 1.97 bits per heavy atom. The maximum atomic E-state index is 12.7. The minimum Gasteiger partial charge on any atom is -0.382 e. The van der Waals surface area contributed by atoms with E-state index in [9.17, 15) is 4.79 Å². The van der Waals surface area contributed by atoms with Crippen molar-refractivity contribution in [2.24, 2.45) is 17.8 Å². The lowest BCUT2D eigenvalue weighted by Crippen LogP contribution is -2.35. The number of carbonyl (C=O) groups excluding carboxylic acids is 1. The number of carbonyl (C=O) groups is 1. The molecule has 2 aromatic rings. The highest BCUT2D eigenvalue weighted by Gasteiger charge is 2.53. The first-order chi connectivity index (χ1) is 14.8. The van der Waals surface area contributed by atoms with Gasteiger partial charge in [0.05, 0.1) is 6.04 Å². The van der Waals surface area contributed by atoms with Crippen molar-refractivity contribution < 1.29 is 9.53 Å². The van der Waals surface area contributed by atoms with Crippen LogP contribution in [0.25, 0.3) is 0 Å². The highest BCUT2D eigenvalue weighted by molar-refractivity contribution is 5.95. The first-order valence-electron chi connectivity index (χ1n) is 11.6. The Balaban J connectivity index is 1.39. The maximum absolute atomic E-state index is 12.7. The molecule has 0 spiro atoms. The summed E-state index contributed by atoms with van der Waals surface area (Å²) in [5, 5.41) is 6.91. The van der Waals surface area contributed by atoms with E-state index in [-0.39, 0.29) is 5.91 Å². The Morgan fingerprint density at radius 3 is 2.80 bits per heavy atom. The number of rotatable bonds is 7. The van der Waals surface area contributed by atoms with E-state index >= 15 is 0 Å². The van der Waals surface area contributed by atoms with Crippen molar-refractivity contribution in [1.82, 2.24) is 5.32 Å². The highest BCUT2D eigenvalue weighted by Crippen LogP contribution is 2.63. The predicted octanol–water partition coefficient (Wildman–Crippen LogP) is 5.14. The molecule has 1 heterocycles. The smallest absolute Gasteiger partial charge is 0.251 e. The molecule has 2 fully saturated rings. The Labute approximate surface area is 179 Å². The molecule has 4 nitrogen and oxygen atoms in total. The number of hydrogen-bond acceptors (Lipinski definition) is 3. The minimum atomic E-state index is 0.0270. The van der Waals surface area contributed by atoms with Gasteiger partial charge in [0.25, 0.3) is 5.91 Å². The van der Waals surface area contributed by atoms with Crippen LogP contribution in [0.5, 0.6) is 0 Å². The molecule has 0 saturated heterocycles. The van der Waals surface area contributed by atoms with Gasteiger partial charge in [0.1, 0.15) is 0 Å². The molecule has 2 aromatic carbocycles. The van der Waals surface area contributed by atoms with Gasteiger partial charge >= 0.3 is 0 Å². The van der Waals surface area contributed by atoms with E-state index in [1.54, 1.807) is 0 Å². The summed E-state index contributed by atoms with van der Waals surface area (Å²) < 4.78 is 5.36. The zero-order valence-corrected chi connectivity index (χ0v) is 17.8. The summed E-state index contributed by atoms with van der Waals surface area (Å²) in [4.78, 5) is 12.7. The molecule has 5 atom stereocenters. The molecular weight excluding hydrogens is 372 g/mol. The van der Waals surface area contributed by atoms with Crippen molar-refractivity contribution in [3.63, 3.8) is 0 Å². The average Bonchev–Trinajstić information content (AvgIpc) is 3.41. The lowest BCUT2D eigenvalue weighted by atomic mass is 9.68. The van der Waals surface area contributed by atoms with Crippen LogP contribution in [-0.2, 0) is 4.74 Å². The van der Waals surface area contributed by atoms with Crippen LogP contribution in [-0.4, -0.2) is 25.7 Å². The molecule has 2 N–H and O–H groups in total. The average molecular weight is 405 g/mol. The van der Waals surface area contributed by atoms with Crippen LogP contribution in [0, 0.1) is 17.8 Å². The molecule has 158 valence electrons. The first kappa shape index (κ1) is 19.6. The lowest BCUT2D eigenvalue weighted by Gasteiger charge is -2.43. The number of fused-ring (bicyclic) bond motifs is 7. The molecule has 2 bridgehead atoms. The van der Waals surface area contributed by atoms with E-state index in [1.807, 2.05) is 13.0 Å². The van der Waals surface area contributed by atoms with E-state index in [2.05, 4.69) is 53.1 Å². The molecule has 2 aliphatic carbocycles. The molecule has 0 unspecified atom stereocenters. The fourth-order valence-corrected chi connectivity index (χ4v) is 6.24. The number of benzene rings is 2. The van der Waals surface area contributed by atoms with Gasteiger partial charge in [-0.2, -0.15) is 0 Å². The zero-order valence-electron chi connectivity index (χ0n) is 17.8. The van der Waals surface area contributed by atoms with Crippen LogP contribution >= 0.6 is 0 Å². The number of hydrogen-bond donors (Lipinski definition) is 2. The second-order valence-corrected chi connectivity index (χ2v) is 9.08. The van der Waals surface area contributed by atoms with Crippen molar-refractivity contribution in [1.29, 1.82) is 0 Å². The molecule has 0 radical (unpaired) electrons. The Morgan fingerprint density at radius 1 is 1.13 bits per heavy atom. The number of nitrogens with one attached hydrogen (secondary N) is 2. The Bertz CT molecular complexity index is 897. The van der Waals surface area contributed by atoms with E-state index in [4.69, 9.17) is 4.74 Å². The van der Waals surface area contributed by atoms with Gasteiger partial charge in [-0.1, -0.05) is 30.3 Å². The van der Waals surface area contributed by atoms with E-state index in [0.29, 0.717) is 31.0 Å². The molecular formula is C26H32N2O2. The summed E-state index contributed by atoms with van der Waals surface area (Å²) in [5.74, 6) is 2.77. The lowest BCUT2D eigenvalue weighted by molar-refractivity contribution is 0.0944. The van der Waals surface area contributed by atoms with Crippen LogP contribution < -0.4 is 10.6 Å². The number of ether oxygens (including phenoxy) is 1. The second kappa shape index (κ2) is 8.43. The van der Waals surface area contributed by atoms with Gasteiger partial charge in [0.2, 0.25) is 0 Å². The Hall–Kier alpha value is -2.33. The molecule has 0 aromatic heterocycles. The fraction of sp³-hybridized carbons (Fsp3) is 0.500. The summed E-state index contributed by atoms with van der Waals surface area (Å²) in [7, 11) is 0. The van der Waals surface area contributed by atoms with Gasteiger partial charge in [-0.05, 0) is 85.6 Å². The molecule has 1 aliphatic heterocycles. The van der Waals surface area contributed by atoms with Gasteiger partial charge in [-0.15, -0.1) is 0 Å². The Kier molecular flexibility index (Phi) is 5.51. The number of amides is 1. The van der Waals surface area contributed by atoms with Crippen LogP contribution in [0.3, 0.4) is 0 Å². The zero-order chi connectivity index (χ0) is 20.5. The van der Waals surface area contributed by atoms with E-state index in [0.717, 1.165) is 30.4 Å². The summed E-state index contributed by atoms with van der Waals surface area (Å²) >= 11 is 0. The van der Waals surface area contributed by atoms with Crippen molar-refractivity contribution in [3.8, 4) is 0 Å². The van der Waals surface area contributed by atoms with Gasteiger partial charge in [-0.25, -0.2) is 0 Å². The van der Waals surface area contributed by atoms with Gasteiger partial charge in [0, 0.05) is 31.0 Å². The quantitative estimate of drug-likeness (QED) is 0.628. The normalized spacial score (nSPS) is 28.5. The maximum Gasteiger partial charge on any atom is 0.251 e. The molecule has 5 rings (SSSR count). The summed E-state index contributed by atoms with van der Waals surface area (Å²) in [6, 6.07) is 17.5. The minimum absolute atomic E-state index is 0.0270. The van der Waals surface area contributed by atoms with Crippen molar-refractivity contribution in [2.45, 2.75) is 44.6 Å². The van der Waals surface area contributed by atoms with E-state index < -0.39 is 0 Å². The van der Waals surface area contributed by atoms with Crippen molar-refractivity contribution in [3.05, 3.63) is 65.2 Å². The fourth-order valence-electron chi connectivity index (χ4n) is 6.24. The van der Waals surface area contributed by atoms with Gasteiger partial charge in [0.15, 0.2) is 0 Å². The van der Waals surface area contributed by atoms with Gasteiger partial charge in [-0.3, -0.25) is 4.79 Å². The van der Waals surface area contributed by atoms with Gasteiger partial charge < -0.3 is 15.4 Å². The number of anilines is 1. The third-order valence-electron chi connectivity index (χ3n) is 7.46. The molecule has 1 amide bonds. The van der Waals surface area contributed by atoms with Crippen LogP contribution in [0.15, 0.2) is 48.5 Å². The third kappa shape index (κ3) is 3.51. The van der Waals surface area contributed by atoms with Crippen LogP contribution in [0.2, 0.25) is 0 Å². The van der Waals surface area contributed by atoms with Crippen LogP contribution in [0.1, 0.15) is 66.1 Å².